The van der Waals surface area contributed by atoms with Crippen molar-refractivity contribution in [2.24, 2.45) is 11.7 Å². The summed E-state index contributed by atoms with van der Waals surface area (Å²) in [6.45, 7) is 1.93. The molecule has 6 heteroatoms. The normalized spacial score (nSPS) is 20.7. The first-order valence-corrected chi connectivity index (χ1v) is 9.38. The quantitative estimate of drug-likeness (QED) is 0.727. The van der Waals surface area contributed by atoms with E-state index in [0.717, 1.165) is 41.5 Å². The highest BCUT2D eigenvalue weighted by Crippen LogP contribution is 2.26. The number of nitrogens with zero attached hydrogens (tertiary/aromatic N) is 1. The van der Waals surface area contributed by atoms with Crippen LogP contribution in [0.5, 0.6) is 0 Å². The maximum absolute atomic E-state index is 12.7. The Bertz CT molecular complexity index is 498. The van der Waals surface area contributed by atoms with Gasteiger partial charge in [-0.15, -0.1) is 11.8 Å². The molecule has 1 aromatic carbocycles. The van der Waals surface area contributed by atoms with E-state index in [1.807, 2.05) is 29.2 Å². The van der Waals surface area contributed by atoms with Crippen molar-refractivity contribution in [2.45, 2.75) is 30.2 Å². The summed E-state index contributed by atoms with van der Waals surface area (Å²) in [5.74, 6) is 1.17. The van der Waals surface area contributed by atoms with Crippen molar-refractivity contribution in [3.63, 3.8) is 0 Å². The maximum Gasteiger partial charge on any atom is 0.225 e. The number of rotatable bonds is 8. The van der Waals surface area contributed by atoms with Gasteiger partial charge in [0.15, 0.2) is 0 Å². The second kappa shape index (κ2) is 9.52. The van der Waals surface area contributed by atoms with Crippen molar-refractivity contribution in [3.8, 4) is 0 Å². The first kappa shape index (κ1) is 18.6. The number of nitrogens with two attached hydrogens (primary N) is 1. The Morgan fingerprint density at radius 1 is 1.35 bits per heavy atom. The van der Waals surface area contributed by atoms with Gasteiger partial charge in [0.2, 0.25) is 5.91 Å². The summed E-state index contributed by atoms with van der Waals surface area (Å²) in [6, 6.07) is 7.96. The number of hydrogen-bond donors (Lipinski definition) is 1. The minimum atomic E-state index is 0.0855. The summed E-state index contributed by atoms with van der Waals surface area (Å²) in [5.41, 5.74) is 5.94. The van der Waals surface area contributed by atoms with Crippen LogP contribution in [0, 0.1) is 5.92 Å². The molecule has 0 radical (unpaired) electrons. The molecule has 0 aliphatic heterocycles. The fourth-order valence-electron chi connectivity index (χ4n) is 2.84. The Morgan fingerprint density at radius 2 is 2.09 bits per heavy atom. The monoisotopic (exact) mass is 356 g/mol. The Hall–Kier alpha value is -0.750. The maximum atomic E-state index is 12.7. The summed E-state index contributed by atoms with van der Waals surface area (Å²) in [4.78, 5) is 15.8. The molecule has 128 valence electrons. The van der Waals surface area contributed by atoms with E-state index in [4.69, 9.17) is 22.1 Å². The van der Waals surface area contributed by atoms with Crippen molar-refractivity contribution in [1.29, 1.82) is 0 Å². The SMILES string of the molecule is COCCN(CCSc1ccc(Cl)cc1)C(=O)[C@H]1CC[C@@H](N)C1. The number of hydrogen-bond acceptors (Lipinski definition) is 4. The zero-order valence-corrected chi connectivity index (χ0v) is 15.1. The second-order valence-electron chi connectivity index (χ2n) is 5.89. The van der Waals surface area contributed by atoms with E-state index < -0.39 is 0 Å². The van der Waals surface area contributed by atoms with Crippen LogP contribution in [0.2, 0.25) is 5.02 Å². The molecule has 2 rings (SSSR count). The van der Waals surface area contributed by atoms with Gasteiger partial charge >= 0.3 is 0 Å². The number of carbonyl (C=O) groups is 1. The third-order valence-corrected chi connectivity index (χ3v) is 5.39. The van der Waals surface area contributed by atoms with Gasteiger partial charge in [0.05, 0.1) is 6.61 Å². The van der Waals surface area contributed by atoms with Crippen LogP contribution < -0.4 is 5.73 Å². The predicted octanol–water partition coefficient (Wildman–Crippen LogP) is 3.03. The highest BCUT2D eigenvalue weighted by molar-refractivity contribution is 7.99. The molecular weight excluding hydrogens is 332 g/mol. The van der Waals surface area contributed by atoms with E-state index in [9.17, 15) is 4.79 Å². The van der Waals surface area contributed by atoms with Crippen molar-refractivity contribution in [1.82, 2.24) is 4.90 Å². The summed E-state index contributed by atoms with van der Waals surface area (Å²) in [5, 5.41) is 0.740. The smallest absolute Gasteiger partial charge is 0.225 e. The lowest BCUT2D eigenvalue weighted by atomic mass is 10.1. The standard InChI is InChI=1S/C17H25ClN2O2S/c1-22-10-8-20(17(21)13-2-5-15(19)12-13)9-11-23-16-6-3-14(18)4-7-16/h3-4,6-7,13,15H,2,5,8-12,19H2,1H3/t13-,15+/m0/s1. The van der Waals surface area contributed by atoms with Gasteiger partial charge in [-0.1, -0.05) is 11.6 Å². The number of amides is 1. The average Bonchev–Trinajstić information content (AvgIpc) is 2.98. The van der Waals surface area contributed by atoms with Crippen molar-refractivity contribution < 1.29 is 9.53 Å². The number of benzene rings is 1. The largest absolute Gasteiger partial charge is 0.383 e. The minimum Gasteiger partial charge on any atom is -0.383 e. The molecular formula is C17H25ClN2O2S. The minimum absolute atomic E-state index is 0.0855. The summed E-state index contributed by atoms with van der Waals surface area (Å²) < 4.78 is 5.14. The number of carbonyl (C=O) groups excluding carboxylic acids is 1. The summed E-state index contributed by atoms with van der Waals surface area (Å²) >= 11 is 7.63. The molecule has 1 aromatic rings. The van der Waals surface area contributed by atoms with Gasteiger partial charge < -0.3 is 15.4 Å². The number of methoxy groups -OCH3 is 1. The Kier molecular flexibility index (Phi) is 7.70. The van der Waals surface area contributed by atoms with Crippen LogP contribution in [0.25, 0.3) is 0 Å². The lowest BCUT2D eigenvalue weighted by molar-refractivity contribution is -0.135. The fraction of sp³-hybridized carbons (Fsp3) is 0.588. The van der Waals surface area contributed by atoms with E-state index >= 15 is 0 Å². The molecule has 1 aliphatic carbocycles. The van der Waals surface area contributed by atoms with Crippen LogP contribution in [-0.2, 0) is 9.53 Å². The third kappa shape index (κ3) is 5.99. The molecule has 0 saturated heterocycles. The first-order valence-electron chi connectivity index (χ1n) is 8.02. The molecule has 0 unspecified atom stereocenters. The van der Waals surface area contributed by atoms with Gasteiger partial charge in [0.25, 0.3) is 0 Å². The zero-order chi connectivity index (χ0) is 16.7. The van der Waals surface area contributed by atoms with E-state index in [1.165, 1.54) is 0 Å². The molecule has 2 N–H and O–H groups in total. The van der Waals surface area contributed by atoms with E-state index in [1.54, 1.807) is 18.9 Å². The Labute approximate surface area is 147 Å². The van der Waals surface area contributed by atoms with Crippen molar-refractivity contribution in [3.05, 3.63) is 29.3 Å². The number of halogens is 1. The molecule has 0 heterocycles. The molecule has 23 heavy (non-hydrogen) atoms. The fourth-order valence-corrected chi connectivity index (χ4v) is 3.84. The third-order valence-electron chi connectivity index (χ3n) is 4.14. The lowest BCUT2D eigenvalue weighted by Gasteiger charge is -2.25. The zero-order valence-electron chi connectivity index (χ0n) is 13.5. The molecule has 1 saturated carbocycles. The van der Waals surface area contributed by atoms with Gasteiger partial charge in [0.1, 0.15) is 0 Å². The van der Waals surface area contributed by atoms with E-state index in [2.05, 4.69) is 0 Å². The molecule has 0 bridgehead atoms. The second-order valence-corrected chi connectivity index (χ2v) is 7.50. The van der Waals surface area contributed by atoms with Crippen molar-refractivity contribution >= 4 is 29.3 Å². The van der Waals surface area contributed by atoms with Crippen LogP contribution >= 0.6 is 23.4 Å². The average molecular weight is 357 g/mol. The van der Waals surface area contributed by atoms with Crippen LogP contribution in [0.1, 0.15) is 19.3 Å². The van der Waals surface area contributed by atoms with Crippen LogP contribution in [0.3, 0.4) is 0 Å². The van der Waals surface area contributed by atoms with Gasteiger partial charge in [-0.2, -0.15) is 0 Å². The van der Waals surface area contributed by atoms with Gasteiger partial charge in [0, 0.05) is 47.8 Å². The number of thioether (sulfide) groups is 1. The molecule has 1 amide bonds. The Morgan fingerprint density at radius 3 is 2.70 bits per heavy atom. The molecule has 0 aromatic heterocycles. The highest BCUT2D eigenvalue weighted by Gasteiger charge is 2.30. The molecule has 4 nitrogen and oxygen atoms in total. The summed E-state index contributed by atoms with van der Waals surface area (Å²) in [7, 11) is 1.66. The topological polar surface area (TPSA) is 55.6 Å². The van der Waals surface area contributed by atoms with Gasteiger partial charge in [-0.3, -0.25) is 4.79 Å². The number of ether oxygens (including phenoxy) is 1. The molecule has 1 fully saturated rings. The van der Waals surface area contributed by atoms with Crippen molar-refractivity contribution in [2.75, 3.05) is 32.6 Å². The van der Waals surface area contributed by atoms with E-state index in [0.29, 0.717) is 13.2 Å². The lowest BCUT2D eigenvalue weighted by Crippen LogP contribution is -2.39. The van der Waals surface area contributed by atoms with Crippen LogP contribution in [0.4, 0.5) is 0 Å². The van der Waals surface area contributed by atoms with E-state index in [-0.39, 0.29) is 17.9 Å². The first-order chi connectivity index (χ1) is 11.1. The Balaban J connectivity index is 1.84. The van der Waals surface area contributed by atoms with Crippen LogP contribution in [-0.4, -0.2) is 49.4 Å². The van der Waals surface area contributed by atoms with Gasteiger partial charge in [-0.25, -0.2) is 0 Å². The predicted molar refractivity (Wildman–Crippen MR) is 95.9 cm³/mol. The highest BCUT2D eigenvalue weighted by atomic mass is 35.5. The molecule has 1 aliphatic rings. The molecule has 2 atom stereocenters. The summed E-state index contributed by atoms with van der Waals surface area (Å²) in [6.07, 6.45) is 2.68. The van der Waals surface area contributed by atoms with Gasteiger partial charge in [-0.05, 0) is 43.5 Å². The van der Waals surface area contributed by atoms with Crippen LogP contribution in [0.15, 0.2) is 29.2 Å². The molecule has 0 spiro atoms.